The summed E-state index contributed by atoms with van der Waals surface area (Å²) in [5.74, 6) is 0. The number of benzene rings is 1. The summed E-state index contributed by atoms with van der Waals surface area (Å²) < 4.78 is 29.4. The number of nitrogens with one attached hydrogen (secondary N) is 2. The van der Waals surface area contributed by atoms with Crippen molar-refractivity contribution in [2.24, 2.45) is 0 Å². The van der Waals surface area contributed by atoms with Crippen LogP contribution < -0.4 is 10.0 Å². The molecule has 0 heterocycles. The molecule has 0 unspecified atom stereocenters. The van der Waals surface area contributed by atoms with Crippen LogP contribution >= 0.6 is 15.9 Å². The van der Waals surface area contributed by atoms with E-state index < -0.39 is 10.2 Å². The summed E-state index contributed by atoms with van der Waals surface area (Å²) in [5.41, 5.74) is 1.47. The Morgan fingerprint density at radius 1 is 1.33 bits per heavy atom. The third-order valence-corrected chi connectivity index (χ3v) is 5.46. The molecular weight excluding hydrogens is 354 g/mol. The van der Waals surface area contributed by atoms with Crippen molar-refractivity contribution >= 4 is 31.8 Å². The molecule has 7 heteroatoms. The van der Waals surface area contributed by atoms with Gasteiger partial charge in [-0.25, -0.2) is 0 Å². The van der Waals surface area contributed by atoms with Crippen LogP contribution in [0.5, 0.6) is 0 Å². The molecule has 0 atom stereocenters. The fourth-order valence-electron chi connectivity index (χ4n) is 1.75. The molecule has 0 amide bonds. The fraction of sp³-hybridized carbons (Fsp3) is 0.571. The number of nitrogens with zero attached hydrogens (tertiary/aromatic N) is 1. The van der Waals surface area contributed by atoms with Gasteiger partial charge in [-0.1, -0.05) is 35.8 Å². The zero-order chi connectivity index (χ0) is 16.0. The third kappa shape index (κ3) is 5.94. The van der Waals surface area contributed by atoms with Crippen molar-refractivity contribution in [1.82, 2.24) is 9.62 Å². The van der Waals surface area contributed by atoms with Gasteiger partial charge < -0.3 is 5.32 Å². The minimum atomic E-state index is -3.52. The van der Waals surface area contributed by atoms with E-state index in [-0.39, 0.29) is 0 Å². The maximum Gasteiger partial charge on any atom is 0.301 e. The van der Waals surface area contributed by atoms with Crippen LogP contribution in [0.1, 0.15) is 25.8 Å². The Kier molecular flexibility index (Phi) is 7.12. The lowest BCUT2D eigenvalue weighted by Gasteiger charge is -2.20. The van der Waals surface area contributed by atoms with Crippen LogP contribution in [-0.2, 0) is 10.2 Å². The largest absolute Gasteiger partial charge is 0.314 e. The first-order chi connectivity index (χ1) is 9.74. The van der Waals surface area contributed by atoms with Crippen molar-refractivity contribution in [3.63, 3.8) is 0 Å². The maximum atomic E-state index is 12.3. The van der Waals surface area contributed by atoms with E-state index in [1.165, 1.54) is 4.31 Å². The van der Waals surface area contributed by atoms with Crippen molar-refractivity contribution in [2.75, 3.05) is 24.9 Å². The zero-order valence-electron chi connectivity index (χ0n) is 13.0. The molecule has 0 saturated carbocycles. The average molecular weight is 378 g/mol. The van der Waals surface area contributed by atoms with Gasteiger partial charge in [-0.05, 0) is 37.6 Å². The van der Waals surface area contributed by atoms with Gasteiger partial charge in [0.05, 0.1) is 5.69 Å². The van der Waals surface area contributed by atoms with Crippen molar-refractivity contribution < 1.29 is 8.42 Å². The number of hydrogen-bond acceptors (Lipinski definition) is 3. The molecule has 0 aliphatic rings. The quantitative estimate of drug-likeness (QED) is 0.684. The molecule has 0 aromatic heterocycles. The summed E-state index contributed by atoms with van der Waals surface area (Å²) in [6.07, 6.45) is 0.771. The van der Waals surface area contributed by atoms with Crippen molar-refractivity contribution in [3.05, 3.63) is 28.2 Å². The Labute approximate surface area is 136 Å². The summed E-state index contributed by atoms with van der Waals surface area (Å²) in [6, 6.07) is 5.86. The topological polar surface area (TPSA) is 61.4 Å². The Bertz CT molecular complexity index is 561. The smallest absolute Gasteiger partial charge is 0.301 e. The van der Waals surface area contributed by atoms with Gasteiger partial charge in [-0.3, -0.25) is 4.72 Å². The minimum absolute atomic E-state index is 0.411. The van der Waals surface area contributed by atoms with Gasteiger partial charge in [-0.15, -0.1) is 0 Å². The number of anilines is 1. The summed E-state index contributed by atoms with van der Waals surface area (Å²) in [4.78, 5) is 0. The lowest BCUT2D eigenvalue weighted by atomic mass is 10.2. The molecule has 0 bridgehead atoms. The Hall–Kier alpha value is -0.630. The molecule has 0 saturated heterocycles. The second-order valence-electron chi connectivity index (χ2n) is 5.30. The van der Waals surface area contributed by atoms with Crippen molar-refractivity contribution in [3.8, 4) is 0 Å². The first kappa shape index (κ1) is 18.4. The lowest BCUT2D eigenvalue weighted by Crippen LogP contribution is -2.35. The summed E-state index contributed by atoms with van der Waals surface area (Å²) in [6.45, 7) is 7.28. The van der Waals surface area contributed by atoms with E-state index in [4.69, 9.17) is 0 Å². The van der Waals surface area contributed by atoms with Gasteiger partial charge in [-0.2, -0.15) is 12.7 Å². The van der Waals surface area contributed by atoms with Crippen molar-refractivity contribution in [1.29, 1.82) is 0 Å². The van der Waals surface area contributed by atoms with Gasteiger partial charge >= 0.3 is 10.2 Å². The van der Waals surface area contributed by atoms with Gasteiger partial charge in [0.2, 0.25) is 0 Å². The zero-order valence-corrected chi connectivity index (χ0v) is 15.4. The average Bonchev–Trinajstić information content (AvgIpc) is 2.39. The van der Waals surface area contributed by atoms with Crippen LogP contribution in [0.2, 0.25) is 0 Å². The SMILES string of the molecule is Cc1c(Br)cccc1NS(=O)(=O)N(C)CCCNC(C)C. The van der Waals surface area contributed by atoms with E-state index in [1.807, 2.05) is 19.1 Å². The van der Waals surface area contributed by atoms with E-state index in [2.05, 4.69) is 39.8 Å². The predicted octanol–water partition coefficient (Wildman–Crippen LogP) is 2.73. The van der Waals surface area contributed by atoms with Crippen LogP contribution in [0.15, 0.2) is 22.7 Å². The molecular formula is C14H24BrN3O2S. The van der Waals surface area contributed by atoms with Crippen LogP contribution in [0.4, 0.5) is 5.69 Å². The Morgan fingerprint density at radius 2 is 2.00 bits per heavy atom. The van der Waals surface area contributed by atoms with E-state index in [0.29, 0.717) is 18.3 Å². The van der Waals surface area contributed by atoms with Crippen molar-refractivity contribution in [2.45, 2.75) is 33.2 Å². The minimum Gasteiger partial charge on any atom is -0.314 e. The predicted molar refractivity (Wildman–Crippen MR) is 91.8 cm³/mol. The van der Waals surface area contributed by atoms with Gasteiger partial charge in [0.1, 0.15) is 0 Å². The van der Waals surface area contributed by atoms with Gasteiger partial charge in [0, 0.05) is 24.1 Å². The number of rotatable bonds is 8. The third-order valence-electron chi connectivity index (χ3n) is 3.12. The molecule has 1 rings (SSSR count). The van der Waals surface area contributed by atoms with Gasteiger partial charge in [0.25, 0.3) is 0 Å². The highest BCUT2D eigenvalue weighted by molar-refractivity contribution is 9.10. The van der Waals surface area contributed by atoms with E-state index in [1.54, 1.807) is 13.1 Å². The highest BCUT2D eigenvalue weighted by Gasteiger charge is 2.18. The molecule has 5 nitrogen and oxygen atoms in total. The second-order valence-corrected chi connectivity index (χ2v) is 7.94. The normalized spacial score (nSPS) is 12.1. The molecule has 0 radical (unpaired) electrons. The van der Waals surface area contributed by atoms with E-state index in [9.17, 15) is 8.42 Å². The first-order valence-electron chi connectivity index (χ1n) is 6.96. The fourth-order valence-corrected chi connectivity index (χ4v) is 3.14. The van der Waals surface area contributed by atoms with E-state index >= 15 is 0 Å². The second kappa shape index (κ2) is 8.12. The molecule has 1 aromatic carbocycles. The van der Waals surface area contributed by atoms with Crippen LogP contribution in [-0.4, -0.2) is 38.9 Å². The molecule has 0 aliphatic heterocycles. The first-order valence-corrected chi connectivity index (χ1v) is 9.20. The number of halogens is 1. The molecule has 0 spiro atoms. The van der Waals surface area contributed by atoms with Gasteiger partial charge in [0.15, 0.2) is 0 Å². The van der Waals surface area contributed by atoms with E-state index in [0.717, 1.165) is 23.0 Å². The monoisotopic (exact) mass is 377 g/mol. The number of hydrogen-bond donors (Lipinski definition) is 2. The maximum absolute atomic E-state index is 12.3. The standard InChI is InChI=1S/C14H24BrN3O2S/c1-11(2)16-9-6-10-18(4)21(19,20)17-14-8-5-7-13(15)12(14)3/h5,7-8,11,16-17H,6,9-10H2,1-4H3. The lowest BCUT2D eigenvalue weighted by molar-refractivity contribution is 0.451. The van der Waals surface area contributed by atoms with Crippen LogP contribution in [0, 0.1) is 6.92 Å². The summed E-state index contributed by atoms with van der Waals surface area (Å²) in [7, 11) is -1.93. The Balaban J connectivity index is 2.62. The molecule has 1 aromatic rings. The summed E-state index contributed by atoms with van der Waals surface area (Å²) in [5, 5.41) is 3.27. The molecule has 0 fully saturated rings. The van der Waals surface area contributed by atoms with Crippen LogP contribution in [0.3, 0.4) is 0 Å². The highest BCUT2D eigenvalue weighted by atomic mass is 79.9. The Morgan fingerprint density at radius 3 is 2.62 bits per heavy atom. The van der Waals surface area contributed by atoms with Crippen LogP contribution in [0.25, 0.3) is 0 Å². The molecule has 0 aliphatic carbocycles. The molecule has 2 N–H and O–H groups in total. The molecule has 21 heavy (non-hydrogen) atoms. The molecule has 120 valence electrons. The highest BCUT2D eigenvalue weighted by Crippen LogP contribution is 2.24. The summed E-state index contributed by atoms with van der Waals surface area (Å²) >= 11 is 3.40.